The maximum atomic E-state index is 12.0. The Kier molecular flexibility index (Phi) is 7.85. The number of ether oxygens (including phenoxy) is 1. The Bertz CT molecular complexity index is 573. The second kappa shape index (κ2) is 9.37. The largest absolute Gasteiger partial charge is 0.452 e. The van der Waals surface area contributed by atoms with Crippen LogP contribution >= 0.6 is 23.2 Å². The zero-order valence-electron chi connectivity index (χ0n) is 12.9. The summed E-state index contributed by atoms with van der Waals surface area (Å²) in [6.45, 7) is 3.79. The Balaban J connectivity index is 2.59. The minimum absolute atomic E-state index is 0.0796. The third kappa shape index (κ3) is 6.46. The molecule has 0 heterocycles. The van der Waals surface area contributed by atoms with E-state index < -0.39 is 18.5 Å². The summed E-state index contributed by atoms with van der Waals surface area (Å²) in [5.74, 6) is -1.44. The molecule has 1 N–H and O–H groups in total. The molecule has 0 aliphatic rings. The van der Waals surface area contributed by atoms with Crippen molar-refractivity contribution in [3.8, 4) is 0 Å². The topological polar surface area (TPSA) is 75.7 Å². The third-order valence-corrected chi connectivity index (χ3v) is 3.30. The van der Waals surface area contributed by atoms with E-state index in [-0.39, 0.29) is 18.0 Å². The Hall–Kier alpha value is -1.79. The number of likely N-dealkylation sites (N-methyl/N-ethyl adjacent to an activating group) is 2. The van der Waals surface area contributed by atoms with Gasteiger partial charge in [0.1, 0.15) is 0 Å². The number of esters is 1. The molecular formula is C15H18Cl2N2O4. The predicted octanol–water partition coefficient (Wildman–Crippen LogP) is 2.13. The van der Waals surface area contributed by atoms with Crippen LogP contribution in [0.1, 0.15) is 24.2 Å². The van der Waals surface area contributed by atoms with Crippen LogP contribution in [0.3, 0.4) is 0 Å². The monoisotopic (exact) mass is 360 g/mol. The van der Waals surface area contributed by atoms with Crippen molar-refractivity contribution in [3.63, 3.8) is 0 Å². The van der Waals surface area contributed by atoms with E-state index in [2.05, 4.69) is 5.32 Å². The van der Waals surface area contributed by atoms with E-state index in [1.54, 1.807) is 13.8 Å². The summed E-state index contributed by atoms with van der Waals surface area (Å²) in [5.41, 5.74) is 0.155. The van der Waals surface area contributed by atoms with Gasteiger partial charge in [-0.15, -0.1) is 0 Å². The third-order valence-electron chi connectivity index (χ3n) is 2.87. The van der Waals surface area contributed by atoms with Crippen molar-refractivity contribution in [1.82, 2.24) is 10.2 Å². The first-order valence-corrected chi connectivity index (χ1v) is 7.80. The molecule has 0 unspecified atom stereocenters. The van der Waals surface area contributed by atoms with Gasteiger partial charge in [-0.25, -0.2) is 4.79 Å². The average Bonchev–Trinajstić information content (AvgIpc) is 2.49. The van der Waals surface area contributed by atoms with Gasteiger partial charge in [0, 0.05) is 23.1 Å². The quantitative estimate of drug-likeness (QED) is 0.755. The number of benzene rings is 1. The molecule has 0 aliphatic heterocycles. The van der Waals surface area contributed by atoms with Crippen LogP contribution in [0.5, 0.6) is 0 Å². The zero-order chi connectivity index (χ0) is 17.4. The number of nitrogens with one attached hydrogen (secondary N) is 1. The van der Waals surface area contributed by atoms with E-state index >= 15 is 0 Å². The van der Waals surface area contributed by atoms with E-state index in [4.69, 9.17) is 27.9 Å². The van der Waals surface area contributed by atoms with Crippen LogP contribution in [0, 0.1) is 0 Å². The minimum Gasteiger partial charge on any atom is -0.452 e. The summed E-state index contributed by atoms with van der Waals surface area (Å²) < 4.78 is 4.95. The van der Waals surface area contributed by atoms with Crippen LogP contribution in [-0.4, -0.2) is 48.9 Å². The van der Waals surface area contributed by atoms with Gasteiger partial charge < -0.3 is 15.0 Å². The molecule has 0 atom stereocenters. The maximum absolute atomic E-state index is 12.0. The Morgan fingerprint density at radius 1 is 1.13 bits per heavy atom. The van der Waals surface area contributed by atoms with Gasteiger partial charge in [0.15, 0.2) is 6.61 Å². The molecule has 0 bridgehead atoms. The second-order valence-corrected chi connectivity index (χ2v) is 5.47. The van der Waals surface area contributed by atoms with Crippen molar-refractivity contribution >= 4 is 41.0 Å². The number of carbonyl (C=O) groups is 3. The molecule has 23 heavy (non-hydrogen) atoms. The highest BCUT2D eigenvalue weighted by atomic mass is 35.5. The lowest BCUT2D eigenvalue weighted by molar-refractivity contribution is -0.138. The molecule has 8 heteroatoms. The number of halogens is 2. The Labute approximate surface area is 144 Å². The van der Waals surface area contributed by atoms with Crippen LogP contribution in [0.4, 0.5) is 0 Å². The molecule has 1 aromatic rings. The maximum Gasteiger partial charge on any atom is 0.338 e. The van der Waals surface area contributed by atoms with E-state index in [1.807, 2.05) is 0 Å². The molecule has 0 spiro atoms. The van der Waals surface area contributed by atoms with Crippen molar-refractivity contribution in [2.24, 2.45) is 0 Å². The zero-order valence-corrected chi connectivity index (χ0v) is 14.4. The van der Waals surface area contributed by atoms with E-state index in [1.165, 1.54) is 23.1 Å². The molecular weight excluding hydrogens is 343 g/mol. The van der Waals surface area contributed by atoms with Crippen LogP contribution in [-0.2, 0) is 14.3 Å². The summed E-state index contributed by atoms with van der Waals surface area (Å²) in [5, 5.41) is 3.19. The highest BCUT2D eigenvalue weighted by Gasteiger charge is 2.18. The van der Waals surface area contributed by atoms with E-state index in [0.29, 0.717) is 23.1 Å². The fraction of sp³-hybridized carbons (Fsp3) is 0.400. The van der Waals surface area contributed by atoms with Gasteiger partial charge in [0.2, 0.25) is 5.91 Å². The molecule has 1 aromatic carbocycles. The van der Waals surface area contributed by atoms with E-state index in [9.17, 15) is 14.4 Å². The first kappa shape index (κ1) is 19.3. The number of hydrogen-bond acceptors (Lipinski definition) is 4. The lowest BCUT2D eigenvalue weighted by Gasteiger charge is -2.20. The van der Waals surface area contributed by atoms with Crippen molar-refractivity contribution in [3.05, 3.63) is 33.8 Å². The molecule has 1 rings (SSSR count). The van der Waals surface area contributed by atoms with Gasteiger partial charge >= 0.3 is 5.97 Å². The fourth-order valence-corrected chi connectivity index (χ4v) is 2.30. The van der Waals surface area contributed by atoms with Gasteiger partial charge in [0.05, 0.1) is 12.1 Å². The van der Waals surface area contributed by atoms with Crippen molar-refractivity contribution in [2.75, 3.05) is 26.2 Å². The summed E-state index contributed by atoms with van der Waals surface area (Å²) in [7, 11) is 0. The highest BCUT2D eigenvalue weighted by molar-refractivity contribution is 6.35. The Morgan fingerprint density at radius 2 is 1.74 bits per heavy atom. The first-order valence-electron chi connectivity index (χ1n) is 7.05. The van der Waals surface area contributed by atoms with Crippen LogP contribution in [0.15, 0.2) is 18.2 Å². The second-order valence-electron chi connectivity index (χ2n) is 4.60. The predicted molar refractivity (Wildman–Crippen MR) is 87.7 cm³/mol. The lowest BCUT2D eigenvalue weighted by atomic mass is 10.2. The minimum atomic E-state index is -0.711. The van der Waals surface area contributed by atoms with Gasteiger partial charge in [-0.3, -0.25) is 9.59 Å². The molecule has 126 valence electrons. The number of rotatable bonds is 7. The average molecular weight is 361 g/mol. The molecule has 0 saturated carbocycles. The Morgan fingerprint density at radius 3 is 2.26 bits per heavy atom. The molecule has 6 nitrogen and oxygen atoms in total. The van der Waals surface area contributed by atoms with Crippen LogP contribution in [0.2, 0.25) is 10.0 Å². The molecule has 0 radical (unpaired) electrons. The highest BCUT2D eigenvalue weighted by Crippen LogP contribution is 2.19. The first-order chi connectivity index (χ1) is 10.9. The van der Waals surface area contributed by atoms with Crippen molar-refractivity contribution in [1.29, 1.82) is 0 Å². The molecule has 2 amide bonds. The van der Waals surface area contributed by atoms with Gasteiger partial charge in [-0.2, -0.15) is 0 Å². The standard InChI is InChI=1S/C15H18Cl2N2O4/c1-3-18-13(20)8-19(4-2)14(21)9-23-15(22)10-5-11(16)7-12(17)6-10/h5-7H,3-4,8-9H2,1-2H3,(H,18,20). The van der Waals surface area contributed by atoms with Gasteiger partial charge in [-0.1, -0.05) is 23.2 Å². The number of nitrogens with zero attached hydrogens (tertiary/aromatic N) is 1. The normalized spacial score (nSPS) is 10.1. The summed E-state index contributed by atoms with van der Waals surface area (Å²) >= 11 is 11.6. The van der Waals surface area contributed by atoms with Crippen LogP contribution < -0.4 is 5.32 Å². The van der Waals surface area contributed by atoms with Gasteiger partial charge in [0.25, 0.3) is 5.91 Å². The summed E-state index contributed by atoms with van der Waals surface area (Å²) in [6.07, 6.45) is 0. The smallest absolute Gasteiger partial charge is 0.338 e. The number of amides is 2. The van der Waals surface area contributed by atoms with Gasteiger partial charge in [-0.05, 0) is 32.0 Å². The SMILES string of the molecule is CCNC(=O)CN(CC)C(=O)COC(=O)c1cc(Cl)cc(Cl)c1. The number of hydrogen-bond donors (Lipinski definition) is 1. The van der Waals surface area contributed by atoms with Crippen molar-refractivity contribution < 1.29 is 19.1 Å². The summed E-state index contributed by atoms with van der Waals surface area (Å²) in [4.78, 5) is 36.7. The molecule has 0 fully saturated rings. The summed E-state index contributed by atoms with van der Waals surface area (Å²) in [6, 6.07) is 4.27. The molecule has 0 aromatic heterocycles. The van der Waals surface area contributed by atoms with E-state index in [0.717, 1.165) is 0 Å². The molecule has 0 aliphatic carbocycles. The van der Waals surface area contributed by atoms with Crippen LogP contribution in [0.25, 0.3) is 0 Å². The molecule has 0 saturated heterocycles. The lowest BCUT2D eigenvalue weighted by Crippen LogP contribution is -2.42. The number of carbonyl (C=O) groups excluding carboxylic acids is 3. The van der Waals surface area contributed by atoms with Crippen molar-refractivity contribution in [2.45, 2.75) is 13.8 Å². The fourth-order valence-electron chi connectivity index (χ4n) is 1.78.